The van der Waals surface area contributed by atoms with Gasteiger partial charge in [-0.25, -0.2) is 4.98 Å². The second-order valence-corrected chi connectivity index (χ2v) is 5.88. The smallest absolute Gasteiger partial charge is 0.281 e. The summed E-state index contributed by atoms with van der Waals surface area (Å²) < 4.78 is 11.8. The predicted octanol–water partition coefficient (Wildman–Crippen LogP) is 2.93. The van der Waals surface area contributed by atoms with Gasteiger partial charge in [0.1, 0.15) is 28.4 Å². The Labute approximate surface area is 154 Å². The van der Waals surface area contributed by atoms with E-state index in [1.807, 2.05) is 0 Å². The van der Waals surface area contributed by atoms with Crippen molar-refractivity contribution in [2.75, 3.05) is 19.5 Å². The molecule has 0 bridgehead atoms. The Balaban J connectivity index is 2.10. The molecule has 134 valence electrons. The lowest BCUT2D eigenvalue weighted by Gasteiger charge is -2.14. The third kappa shape index (κ3) is 3.09. The maximum Gasteiger partial charge on any atom is 0.281 e. The number of carbonyl (C=O) groups is 1. The molecule has 3 rings (SSSR count). The molecule has 3 aromatic rings. The van der Waals surface area contributed by atoms with Crippen LogP contribution in [-0.2, 0) is 0 Å². The van der Waals surface area contributed by atoms with Gasteiger partial charge in [0.15, 0.2) is 0 Å². The number of aromatic nitrogens is 2. The zero-order chi connectivity index (χ0) is 18.8. The fourth-order valence-corrected chi connectivity index (χ4v) is 2.78. The van der Waals surface area contributed by atoms with Gasteiger partial charge in [-0.2, -0.15) is 0 Å². The molecule has 2 aromatic heterocycles. The van der Waals surface area contributed by atoms with E-state index in [2.05, 4.69) is 10.3 Å². The van der Waals surface area contributed by atoms with E-state index in [0.717, 1.165) is 0 Å². The maximum absolute atomic E-state index is 12.8. The molecular formula is C18H16ClN3O4. The van der Waals surface area contributed by atoms with E-state index < -0.39 is 11.5 Å². The molecular weight excluding hydrogens is 358 g/mol. The van der Waals surface area contributed by atoms with Crippen molar-refractivity contribution in [2.45, 2.75) is 6.92 Å². The molecule has 8 heteroatoms. The van der Waals surface area contributed by atoms with E-state index >= 15 is 0 Å². The van der Waals surface area contributed by atoms with Crippen LogP contribution < -0.4 is 20.3 Å². The number of pyridine rings is 1. The first-order chi connectivity index (χ1) is 12.5. The standard InChI is InChI=1S/C18H16ClN3O4/c1-10-16(18(24)22-9-11(19)7-8-14(22)20-10)21-17(23)15-12(25-2)5-4-6-13(15)26-3/h4-9H,1-3H3,(H,21,23). The molecule has 0 aliphatic carbocycles. The van der Waals surface area contributed by atoms with Crippen molar-refractivity contribution < 1.29 is 14.3 Å². The second kappa shape index (κ2) is 7.05. The number of carbonyl (C=O) groups excluding carboxylic acids is 1. The van der Waals surface area contributed by atoms with Crippen LogP contribution in [0.5, 0.6) is 11.5 Å². The number of amides is 1. The number of nitrogens with zero attached hydrogens (tertiary/aromatic N) is 2. The Bertz CT molecular complexity index is 1040. The SMILES string of the molecule is COc1cccc(OC)c1C(=O)Nc1c(C)nc2ccc(Cl)cn2c1=O. The third-order valence-electron chi connectivity index (χ3n) is 3.86. The Morgan fingerprint density at radius 2 is 1.81 bits per heavy atom. The Kier molecular flexibility index (Phi) is 4.81. The number of fused-ring (bicyclic) bond motifs is 1. The lowest BCUT2D eigenvalue weighted by atomic mass is 10.1. The molecule has 0 aliphatic heterocycles. The zero-order valence-corrected chi connectivity index (χ0v) is 15.1. The van der Waals surface area contributed by atoms with Gasteiger partial charge in [-0.1, -0.05) is 17.7 Å². The van der Waals surface area contributed by atoms with E-state index in [0.29, 0.717) is 27.9 Å². The van der Waals surface area contributed by atoms with E-state index in [1.54, 1.807) is 37.3 Å². The van der Waals surface area contributed by atoms with Gasteiger partial charge in [0.05, 0.1) is 24.9 Å². The van der Waals surface area contributed by atoms with Gasteiger partial charge in [0.25, 0.3) is 11.5 Å². The Hall–Kier alpha value is -3.06. The van der Waals surface area contributed by atoms with E-state index in [9.17, 15) is 9.59 Å². The first kappa shape index (κ1) is 17.8. The van der Waals surface area contributed by atoms with Crippen LogP contribution >= 0.6 is 11.6 Å². The molecule has 0 spiro atoms. The fraction of sp³-hybridized carbons (Fsp3) is 0.167. The van der Waals surface area contributed by atoms with Crippen LogP contribution in [0.2, 0.25) is 5.02 Å². The number of benzene rings is 1. The Morgan fingerprint density at radius 1 is 1.15 bits per heavy atom. The minimum Gasteiger partial charge on any atom is -0.496 e. The first-order valence-corrected chi connectivity index (χ1v) is 8.05. The van der Waals surface area contributed by atoms with Crippen LogP contribution in [0.4, 0.5) is 5.69 Å². The summed E-state index contributed by atoms with van der Waals surface area (Å²) in [4.78, 5) is 29.9. The molecule has 2 heterocycles. The predicted molar refractivity (Wildman–Crippen MR) is 98.7 cm³/mol. The molecule has 0 fully saturated rings. The molecule has 26 heavy (non-hydrogen) atoms. The topological polar surface area (TPSA) is 81.9 Å². The average Bonchev–Trinajstić information content (AvgIpc) is 2.64. The summed E-state index contributed by atoms with van der Waals surface area (Å²) in [5, 5.41) is 3.00. The lowest BCUT2D eigenvalue weighted by Crippen LogP contribution is -2.25. The highest BCUT2D eigenvalue weighted by Crippen LogP contribution is 2.29. The quantitative estimate of drug-likeness (QED) is 0.760. The normalized spacial score (nSPS) is 10.6. The summed E-state index contributed by atoms with van der Waals surface area (Å²) in [6, 6.07) is 8.24. The molecule has 0 saturated carbocycles. The van der Waals surface area contributed by atoms with Crippen LogP contribution in [0.3, 0.4) is 0 Å². The maximum atomic E-state index is 12.8. The van der Waals surface area contributed by atoms with Crippen molar-refractivity contribution in [3.8, 4) is 11.5 Å². The van der Waals surface area contributed by atoms with Crippen molar-refractivity contribution in [3.63, 3.8) is 0 Å². The number of aryl methyl sites for hydroxylation is 1. The molecule has 1 aromatic carbocycles. The van der Waals surface area contributed by atoms with Crippen molar-refractivity contribution in [2.24, 2.45) is 0 Å². The minimum atomic E-state index is -0.539. The summed E-state index contributed by atoms with van der Waals surface area (Å²) in [6.07, 6.45) is 1.45. The number of methoxy groups -OCH3 is 2. The number of anilines is 1. The molecule has 0 saturated heterocycles. The van der Waals surface area contributed by atoms with E-state index in [4.69, 9.17) is 21.1 Å². The van der Waals surface area contributed by atoms with Crippen molar-refractivity contribution in [3.05, 3.63) is 63.2 Å². The van der Waals surface area contributed by atoms with E-state index in [-0.39, 0.29) is 11.3 Å². The van der Waals surface area contributed by atoms with Crippen LogP contribution in [0.15, 0.2) is 41.3 Å². The van der Waals surface area contributed by atoms with Gasteiger partial charge >= 0.3 is 0 Å². The fourth-order valence-electron chi connectivity index (χ4n) is 2.62. The number of hydrogen-bond donors (Lipinski definition) is 1. The number of hydrogen-bond acceptors (Lipinski definition) is 5. The molecule has 0 atom stereocenters. The largest absolute Gasteiger partial charge is 0.496 e. The summed E-state index contributed by atoms with van der Waals surface area (Å²) in [5.74, 6) is 0.121. The molecule has 1 amide bonds. The summed E-state index contributed by atoms with van der Waals surface area (Å²) in [6.45, 7) is 1.64. The number of rotatable bonds is 4. The Morgan fingerprint density at radius 3 is 2.42 bits per heavy atom. The van der Waals surface area contributed by atoms with Gasteiger partial charge in [-0.05, 0) is 31.2 Å². The summed E-state index contributed by atoms with van der Waals surface area (Å²) in [5.41, 5.74) is 0.636. The first-order valence-electron chi connectivity index (χ1n) is 7.67. The van der Waals surface area contributed by atoms with Gasteiger partial charge < -0.3 is 14.8 Å². The highest BCUT2D eigenvalue weighted by atomic mass is 35.5. The highest BCUT2D eigenvalue weighted by molar-refractivity contribution is 6.30. The van der Waals surface area contributed by atoms with Crippen molar-refractivity contribution in [1.82, 2.24) is 9.38 Å². The average molecular weight is 374 g/mol. The molecule has 7 nitrogen and oxygen atoms in total. The third-order valence-corrected chi connectivity index (χ3v) is 4.08. The van der Waals surface area contributed by atoms with Crippen molar-refractivity contribution in [1.29, 1.82) is 0 Å². The molecule has 0 aliphatic rings. The van der Waals surface area contributed by atoms with Gasteiger partial charge in [-0.3, -0.25) is 14.0 Å². The second-order valence-electron chi connectivity index (χ2n) is 5.44. The molecule has 0 unspecified atom stereocenters. The molecule has 1 N–H and O–H groups in total. The van der Waals surface area contributed by atoms with Crippen LogP contribution in [0.1, 0.15) is 16.1 Å². The number of halogens is 1. The monoisotopic (exact) mass is 373 g/mol. The minimum absolute atomic E-state index is 0.0581. The number of nitrogens with one attached hydrogen (secondary N) is 1. The highest BCUT2D eigenvalue weighted by Gasteiger charge is 2.21. The molecule has 0 radical (unpaired) electrons. The van der Waals surface area contributed by atoms with Gasteiger partial charge in [0.2, 0.25) is 0 Å². The lowest BCUT2D eigenvalue weighted by molar-refractivity contribution is 0.102. The van der Waals surface area contributed by atoms with E-state index in [1.165, 1.54) is 24.8 Å². The summed E-state index contributed by atoms with van der Waals surface area (Å²) >= 11 is 5.96. The zero-order valence-electron chi connectivity index (χ0n) is 14.4. The number of ether oxygens (including phenoxy) is 2. The van der Waals surface area contributed by atoms with Crippen LogP contribution in [0.25, 0.3) is 5.65 Å². The van der Waals surface area contributed by atoms with Gasteiger partial charge in [-0.15, -0.1) is 0 Å². The van der Waals surface area contributed by atoms with Crippen LogP contribution in [0, 0.1) is 6.92 Å². The van der Waals surface area contributed by atoms with Gasteiger partial charge in [0, 0.05) is 6.20 Å². The van der Waals surface area contributed by atoms with Crippen LogP contribution in [-0.4, -0.2) is 29.5 Å². The summed E-state index contributed by atoms with van der Waals surface area (Å²) in [7, 11) is 2.90. The van der Waals surface area contributed by atoms with Crippen molar-refractivity contribution >= 4 is 28.8 Å².